The summed E-state index contributed by atoms with van der Waals surface area (Å²) in [6, 6.07) is 37.2. The molecule has 0 amide bonds. The van der Waals surface area contributed by atoms with Gasteiger partial charge in [0.2, 0.25) is 0 Å². The first kappa shape index (κ1) is 33.7. The Morgan fingerprint density at radius 3 is 1.31 bits per heavy atom. The molecule has 0 fully saturated rings. The van der Waals surface area contributed by atoms with Gasteiger partial charge in [0.05, 0.1) is 0 Å². The van der Waals surface area contributed by atoms with E-state index in [1.165, 1.54) is 55.6 Å². The summed E-state index contributed by atoms with van der Waals surface area (Å²) >= 11 is 0. The Bertz CT molecular complexity index is 1830. The maximum atomic E-state index is 7.14. The van der Waals surface area contributed by atoms with Gasteiger partial charge in [0.15, 0.2) is 0 Å². The molecule has 45 heavy (non-hydrogen) atoms. The minimum absolute atomic E-state index is 0. The van der Waals surface area contributed by atoms with E-state index >= 15 is 0 Å². The van der Waals surface area contributed by atoms with E-state index in [1.807, 2.05) is 48.8 Å². The van der Waals surface area contributed by atoms with Gasteiger partial charge in [0, 0.05) is 31.2 Å². The van der Waals surface area contributed by atoms with Crippen LogP contribution in [-0.2, 0) is 64.0 Å². The molecule has 0 aliphatic heterocycles. The number of aromatic nitrogens is 2. The fourth-order valence-electron chi connectivity index (χ4n) is 5.64. The van der Waals surface area contributed by atoms with Gasteiger partial charge in [-0.05, 0) is 80.6 Å². The summed E-state index contributed by atoms with van der Waals surface area (Å²) in [7, 11) is 0. The molecule has 0 atom stereocenters. The topological polar surface area (TPSA) is 25.8 Å². The van der Waals surface area contributed by atoms with E-state index in [4.69, 9.17) is 12.8 Å². The van der Waals surface area contributed by atoms with Crippen molar-refractivity contribution in [2.24, 2.45) is 0 Å². The van der Waals surface area contributed by atoms with Gasteiger partial charge in [-0.15, -0.1) is 35.4 Å². The summed E-state index contributed by atoms with van der Waals surface area (Å²) < 4.78 is 0. The summed E-state index contributed by atoms with van der Waals surface area (Å²) in [5, 5.41) is 0. The molecule has 224 valence electrons. The van der Waals surface area contributed by atoms with E-state index in [1.54, 1.807) is 12.4 Å². The molecular formula is C41H28Au2N2. The normalized spacial score (nSPS) is 10.6. The van der Waals surface area contributed by atoms with Crippen LogP contribution in [0.4, 0.5) is 0 Å². The Balaban J connectivity index is 0.000000151. The maximum Gasteiger partial charge on any atom is 1.00 e. The van der Waals surface area contributed by atoms with E-state index in [9.17, 15) is 0 Å². The van der Waals surface area contributed by atoms with Crippen LogP contribution in [0, 0.1) is 24.7 Å². The van der Waals surface area contributed by atoms with Gasteiger partial charge < -0.3 is 12.8 Å². The predicted molar refractivity (Wildman–Crippen MR) is 173 cm³/mol. The number of pyridine rings is 2. The quantitative estimate of drug-likeness (QED) is 0.0989. The average Bonchev–Trinajstić information content (AvgIpc) is 3.64. The molecular weight excluding hydrogens is 914 g/mol. The van der Waals surface area contributed by atoms with Gasteiger partial charge in [0.1, 0.15) is 0 Å². The van der Waals surface area contributed by atoms with Gasteiger partial charge in [-0.1, -0.05) is 72.8 Å². The van der Waals surface area contributed by atoms with Crippen molar-refractivity contribution in [1.29, 1.82) is 0 Å². The fraction of sp³-hybridized carbons (Fsp3) is 0.0732. The van der Waals surface area contributed by atoms with Crippen LogP contribution in [0.3, 0.4) is 0 Å². The Kier molecular flexibility index (Phi) is 12.1. The molecule has 8 rings (SSSR count). The maximum absolute atomic E-state index is 7.14. The molecule has 2 aliphatic carbocycles. The van der Waals surface area contributed by atoms with Crippen LogP contribution in [0.1, 0.15) is 44.5 Å². The third kappa shape index (κ3) is 8.09. The Morgan fingerprint density at radius 2 is 0.911 bits per heavy atom. The molecule has 0 saturated carbocycles. The fourth-order valence-corrected chi connectivity index (χ4v) is 5.64. The van der Waals surface area contributed by atoms with Crippen molar-refractivity contribution in [3.8, 4) is 34.1 Å². The minimum Gasteiger partial charge on any atom is -0.366 e. The van der Waals surface area contributed by atoms with Gasteiger partial charge in [-0.3, -0.25) is 21.8 Å². The van der Waals surface area contributed by atoms with Gasteiger partial charge in [-0.25, -0.2) is 0 Å². The van der Waals surface area contributed by atoms with Crippen LogP contribution in [-0.4, -0.2) is 9.97 Å². The number of benzene rings is 4. The minimum atomic E-state index is 0. The van der Waals surface area contributed by atoms with Crippen molar-refractivity contribution in [2.75, 3.05) is 0 Å². The molecule has 0 spiro atoms. The molecule has 2 aromatic heterocycles. The summed E-state index contributed by atoms with van der Waals surface area (Å²) in [6.45, 7) is 0. The summed E-state index contributed by atoms with van der Waals surface area (Å²) in [6.07, 6.45) is 24.6. The second kappa shape index (κ2) is 16.2. The summed E-state index contributed by atoms with van der Waals surface area (Å²) in [5.41, 5.74) is 14.8. The van der Waals surface area contributed by atoms with Crippen molar-refractivity contribution in [3.05, 3.63) is 191 Å². The molecule has 2 heterocycles. The summed E-state index contributed by atoms with van der Waals surface area (Å²) in [4.78, 5) is 8.12. The number of rotatable bonds is 2. The molecule has 6 aromatic rings. The third-order valence-corrected chi connectivity index (χ3v) is 7.74. The Hall–Kier alpha value is -4.22. The van der Waals surface area contributed by atoms with Crippen LogP contribution in [0.25, 0.3) is 22.3 Å². The third-order valence-electron chi connectivity index (χ3n) is 7.74. The van der Waals surface area contributed by atoms with Crippen LogP contribution < -0.4 is 0 Å². The molecule has 0 unspecified atom stereocenters. The monoisotopic (exact) mass is 942 g/mol. The van der Waals surface area contributed by atoms with Crippen molar-refractivity contribution >= 4 is 0 Å². The van der Waals surface area contributed by atoms with Crippen LogP contribution >= 0.6 is 0 Å². The van der Waals surface area contributed by atoms with Crippen LogP contribution in [0.5, 0.6) is 0 Å². The largest absolute Gasteiger partial charge is 1.00 e. The zero-order valence-electron chi connectivity index (χ0n) is 24.3. The van der Waals surface area contributed by atoms with Crippen molar-refractivity contribution < 1.29 is 44.8 Å². The van der Waals surface area contributed by atoms with Crippen molar-refractivity contribution in [3.63, 3.8) is 0 Å². The Morgan fingerprint density at radius 1 is 0.489 bits per heavy atom. The molecule has 4 aromatic carbocycles. The van der Waals surface area contributed by atoms with E-state index in [0.29, 0.717) is 0 Å². The second-order valence-corrected chi connectivity index (χ2v) is 10.6. The SMILES string of the molecule is [Au+].[Au+].[C-]#Cc1ccc2c(c1)-c1ccccc1C2.[C-]#Cc1ccc2c(c1)-c1ccccc1C2.c1cncc(Cc2cccnc2)c1. The molecule has 0 N–H and O–H groups in total. The number of hydrogen-bond acceptors (Lipinski definition) is 2. The van der Waals surface area contributed by atoms with Crippen molar-refractivity contribution in [2.45, 2.75) is 19.3 Å². The molecule has 2 nitrogen and oxygen atoms in total. The van der Waals surface area contributed by atoms with E-state index in [-0.39, 0.29) is 44.8 Å². The summed E-state index contributed by atoms with van der Waals surface area (Å²) in [5.74, 6) is 4.87. The Labute approximate surface area is 297 Å². The van der Waals surface area contributed by atoms with E-state index in [0.717, 1.165) is 30.4 Å². The van der Waals surface area contributed by atoms with Crippen LogP contribution in [0.15, 0.2) is 134 Å². The van der Waals surface area contributed by atoms with Crippen LogP contribution in [0.2, 0.25) is 0 Å². The second-order valence-electron chi connectivity index (χ2n) is 10.6. The van der Waals surface area contributed by atoms with E-state index < -0.39 is 0 Å². The van der Waals surface area contributed by atoms with Gasteiger partial charge in [-0.2, -0.15) is 0 Å². The molecule has 0 radical (unpaired) electrons. The first-order valence-corrected chi connectivity index (χ1v) is 14.3. The number of hydrogen-bond donors (Lipinski definition) is 0. The average molecular weight is 943 g/mol. The van der Waals surface area contributed by atoms with Crippen molar-refractivity contribution in [1.82, 2.24) is 9.97 Å². The molecule has 2 aliphatic rings. The standard InChI is InChI=1S/2C15H9.C11H10N2.2Au/c2*1-2-11-7-8-13-10-12-5-3-4-6-14(12)15(13)9-11;1-3-10(8-12-5-1)7-11-4-2-6-13-9-11;;/h2*3-9H,10H2;1-6,8-9H,7H2;;/q2*-1;;2*+1. The molecule has 4 heteroatoms. The zero-order chi connectivity index (χ0) is 29.4. The molecule has 0 bridgehead atoms. The first-order chi connectivity index (χ1) is 21.2. The smallest absolute Gasteiger partial charge is 0.366 e. The van der Waals surface area contributed by atoms with E-state index in [2.05, 4.69) is 94.6 Å². The van der Waals surface area contributed by atoms with Gasteiger partial charge >= 0.3 is 44.8 Å². The first-order valence-electron chi connectivity index (χ1n) is 14.3. The molecule has 0 saturated heterocycles. The van der Waals surface area contributed by atoms with Gasteiger partial charge in [0.25, 0.3) is 0 Å². The zero-order valence-corrected chi connectivity index (χ0v) is 28.7. The predicted octanol–water partition coefficient (Wildman–Crippen LogP) is 8.45. The number of fused-ring (bicyclic) bond motifs is 6. The number of nitrogens with zero attached hydrogens (tertiary/aromatic N) is 2.